The van der Waals surface area contributed by atoms with Crippen molar-refractivity contribution in [2.75, 3.05) is 12.4 Å². The van der Waals surface area contributed by atoms with E-state index in [1.54, 1.807) is 24.3 Å². The van der Waals surface area contributed by atoms with Crippen LogP contribution in [0.2, 0.25) is 0 Å². The molecule has 0 saturated heterocycles. The minimum absolute atomic E-state index is 0.342. The molecule has 120 valence electrons. The van der Waals surface area contributed by atoms with Crippen LogP contribution < -0.4 is 5.32 Å². The minimum Gasteiger partial charge on any atom is -0.465 e. The van der Waals surface area contributed by atoms with Crippen LogP contribution in [0.3, 0.4) is 0 Å². The van der Waals surface area contributed by atoms with Gasteiger partial charge in [0.15, 0.2) is 5.58 Å². The van der Waals surface area contributed by atoms with Gasteiger partial charge in [0.2, 0.25) is 11.8 Å². The number of benzene rings is 2. The molecular weight excluding hydrogens is 308 g/mol. The van der Waals surface area contributed by atoms with Crippen molar-refractivity contribution < 1.29 is 18.7 Å². The number of anilines is 1. The summed E-state index contributed by atoms with van der Waals surface area (Å²) in [6.45, 7) is 0. The third kappa shape index (κ3) is 3.49. The van der Waals surface area contributed by atoms with Gasteiger partial charge in [0.25, 0.3) is 0 Å². The number of carbonyl (C=O) groups excluding carboxylic acids is 2. The van der Waals surface area contributed by atoms with Crippen molar-refractivity contribution in [2.45, 2.75) is 0 Å². The third-order valence-electron chi connectivity index (χ3n) is 3.24. The predicted molar refractivity (Wildman–Crippen MR) is 89.5 cm³/mol. The zero-order chi connectivity index (χ0) is 16.9. The molecule has 1 amide bonds. The first-order valence-electron chi connectivity index (χ1n) is 7.19. The summed E-state index contributed by atoms with van der Waals surface area (Å²) in [6, 6.07) is 13.8. The predicted octanol–water partition coefficient (Wildman–Crippen LogP) is 3.27. The number of esters is 1. The molecule has 0 aliphatic heterocycles. The zero-order valence-electron chi connectivity index (χ0n) is 12.9. The number of para-hydroxylation sites is 2. The van der Waals surface area contributed by atoms with Crippen LogP contribution in [0.4, 0.5) is 5.69 Å². The first-order valence-corrected chi connectivity index (χ1v) is 7.19. The number of aromatic nitrogens is 1. The van der Waals surface area contributed by atoms with Gasteiger partial charge in [0, 0.05) is 17.8 Å². The number of hydrogen-bond donors (Lipinski definition) is 1. The van der Waals surface area contributed by atoms with E-state index in [1.165, 1.54) is 25.3 Å². The zero-order valence-corrected chi connectivity index (χ0v) is 12.9. The van der Waals surface area contributed by atoms with Gasteiger partial charge in [-0.15, -0.1) is 0 Å². The fourth-order valence-electron chi connectivity index (χ4n) is 2.13. The Morgan fingerprint density at radius 1 is 1.17 bits per heavy atom. The number of carbonyl (C=O) groups is 2. The van der Waals surface area contributed by atoms with Crippen LogP contribution in [0.5, 0.6) is 0 Å². The summed E-state index contributed by atoms with van der Waals surface area (Å²) < 4.78 is 10.1. The van der Waals surface area contributed by atoms with E-state index in [0.29, 0.717) is 22.7 Å². The molecule has 1 aromatic heterocycles. The average molecular weight is 322 g/mol. The molecule has 0 aliphatic rings. The highest BCUT2D eigenvalue weighted by Gasteiger charge is 2.07. The van der Waals surface area contributed by atoms with E-state index in [2.05, 4.69) is 15.0 Å². The fourth-order valence-corrected chi connectivity index (χ4v) is 2.13. The molecule has 1 heterocycles. The van der Waals surface area contributed by atoms with Gasteiger partial charge in [-0.25, -0.2) is 9.78 Å². The highest BCUT2D eigenvalue weighted by molar-refractivity contribution is 6.02. The Balaban J connectivity index is 1.70. The quantitative estimate of drug-likeness (QED) is 0.589. The maximum absolute atomic E-state index is 12.0. The summed E-state index contributed by atoms with van der Waals surface area (Å²) in [5.41, 5.74) is 2.23. The smallest absolute Gasteiger partial charge is 0.337 e. The molecule has 2 aromatic carbocycles. The van der Waals surface area contributed by atoms with Crippen LogP contribution in [-0.4, -0.2) is 24.0 Å². The molecule has 0 bridgehead atoms. The number of rotatable bonds is 4. The van der Waals surface area contributed by atoms with Gasteiger partial charge >= 0.3 is 5.97 Å². The van der Waals surface area contributed by atoms with Crippen LogP contribution in [0.25, 0.3) is 17.2 Å². The molecule has 0 atom stereocenters. The maximum atomic E-state index is 12.0. The van der Waals surface area contributed by atoms with Crippen molar-refractivity contribution in [3.05, 3.63) is 66.1 Å². The topological polar surface area (TPSA) is 81.4 Å². The van der Waals surface area contributed by atoms with E-state index in [1.807, 2.05) is 18.2 Å². The molecular formula is C18H14N2O4. The summed E-state index contributed by atoms with van der Waals surface area (Å²) in [6.07, 6.45) is 2.80. The Labute approximate surface area is 137 Å². The second-order valence-corrected chi connectivity index (χ2v) is 4.91. The summed E-state index contributed by atoms with van der Waals surface area (Å²) in [7, 11) is 1.30. The summed E-state index contributed by atoms with van der Waals surface area (Å²) in [5.74, 6) is -0.484. The molecule has 0 spiro atoms. The molecule has 0 aliphatic carbocycles. The van der Waals surface area contributed by atoms with Gasteiger partial charge in [0.05, 0.1) is 12.7 Å². The van der Waals surface area contributed by atoms with Gasteiger partial charge in [0.1, 0.15) is 5.52 Å². The Morgan fingerprint density at radius 3 is 2.79 bits per heavy atom. The first kappa shape index (κ1) is 15.5. The van der Waals surface area contributed by atoms with E-state index < -0.39 is 5.97 Å². The van der Waals surface area contributed by atoms with Crippen LogP contribution >= 0.6 is 0 Å². The number of amides is 1. The number of nitrogens with one attached hydrogen (secondary N) is 1. The number of fused-ring (bicyclic) bond motifs is 1. The number of oxazole rings is 1. The van der Waals surface area contributed by atoms with Crippen molar-refractivity contribution in [2.24, 2.45) is 0 Å². The molecule has 6 nitrogen and oxygen atoms in total. The molecule has 0 radical (unpaired) electrons. The van der Waals surface area contributed by atoms with Crippen LogP contribution in [0, 0.1) is 0 Å². The molecule has 6 heteroatoms. The van der Waals surface area contributed by atoms with Gasteiger partial charge in [-0.1, -0.05) is 18.2 Å². The van der Waals surface area contributed by atoms with Gasteiger partial charge < -0.3 is 14.5 Å². The molecule has 1 N–H and O–H groups in total. The van der Waals surface area contributed by atoms with Gasteiger partial charge in [-0.2, -0.15) is 0 Å². The number of ether oxygens (including phenoxy) is 1. The Bertz CT molecular complexity index is 894. The third-order valence-corrected chi connectivity index (χ3v) is 3.24. The Kier molecular flexibility index (Phi) is 4.38. The highest BCUT2D eigenvalue weighted by atomic mass is 16.5. The van der Waals surface area contributed by atoms with Crippen LogP contribution in [0.15, 0.2) is 59.0 Å². The molecule has 0 saturated carbocycles. The van der Waals surface area contributed by atoms with Crippen molar-refractivity contribution in [3.63, 3.8) is 0 Å². The van der Waals surface area contributed by atoms with Crippen LogP contribution in [0.1, 0.15) is 16.2 Å². The molecule has 0 fully saturated rings. The summed E-state index contributed by atoms with van der Waals surface area (Å²) in [4.78, 5) is 27.7. The van der Waals surface area contributed by atoms with Crippen molar-refractivity contribution in [1.82, 2.24) is 4.98 Å². The van der Waals surface area contributed by atoms with Gasteiger partial charge in [-0.05, 0) is 30.3 Å². The standard InChI is InChI=1S/C18H14N2O4/c1-23-18(22)12-5-4-6-13(11-12)19-16(21)9-10-17-20-14-7-2-3-8-15(14)24-17/h2-11H,1H3,(H,19,21)/b10-9+. The molecule has 3 aromatic rings. The summed E-state index contributed by atoms with van der Waals surface area (Å²) >= 11 is 0. The first-order chi connectivity index (χ1) is 11.7. The van der Waals surface area contributed by atoms with E-state index in [0.717, 1.165) is 5.52 Å². The Morgan fingerprint density at radius 2 is 2.00 bits per heavy atom. The minimum atomic E-state index is -0.465. The van der Waals surface area contributed by atoms with Crippen molar-refractivity contribution >= 4 is 34.7 Å². The molecule has 24 heavy (non-hydrogen) atoms. The van der Waals surface area contributed by atoms with Crippen LogP contribution in [-0.2, 0) is 9.53 Å². The van der Waals surface area contributed by atoms with E-state index in [-0.39, 0.29) is 5.91 Å². The number of hydrogen-bond acceptors (Lipinski definition) is 5. The monoisotopic (exact) mass is 322 g/mol. The Hall–Kier alpha value is -3.41. The number of methoxy groups -OCH3 is 1. The summed E-state index contributed by atoms with van der Waals surface area (Å²) in [5, 5.41) is 2.66. The van der Waals surface area contributed by atoms with E-state index >= 15 is 0 Å². The van der Waals surface area contributed by atoms with Crippen molar-refractivity contribution in [1.29, 1.82) is 0 Å². The lowest BCUT2D eigenvalue weighted by Gasteiger charge is -2.04. The number of nitrogens with zero attached hydrogens (tertiary/aromatic N) is 1. The lowest BCUT2D eigenvalue weighted by Crippen LogP contribution is -2.09. The SMILES string of the molecule is COC(=O)c1cccc(NC(=O)/C=C/c2nc3ccccc3o2)c1. The lowest BCUT2D eigenvalue weighted by molar-refractivity contribution is -0.111. The molecule has 0 unspecified atom stereocenters. The van der Waals surface area contributed by atoms with E-state index in [9.17, 15) is 9.59 Å². The normalized spacial score (nSPS) is 10.9. The lowest BCUT2D eigenvalue weighted by atomic mass is 10.2. The fraction of sp³-hybridized carbons (Fsp3) is 0.0556. The highest BCUT2D eigenvalue weighted by Crippen LogP contribution is 2.16. The van der Waals surface area contributed by atoms with E-state index in [4.69, 9.17) is 4.42 Å². The average Bonchev–Trinajstić information content (AvgIpc) is 3.02. The largest absolute Gasteiger partial charge is 0.465 e. The second-order valence-electron chi connectivity index (χ2n) is 4.91. The van der Waals surface area contributed by atoms with Gasteiger partial charge in [-0.3, -0.25) is 4.79 Å². The van der Waals surface area contributed by atoms with Crippen molar-refractivity contribution in [3.8, 4) is 0 Å². The second kappa shape index (κ2) is 6.78. The maximum Gasteiger partial charge on any atom is 0.337 e. The molecule has 3 rings (SSSR count).